The summed E-state index contributed by atoms with van der Waals surface area (Å²) < 4.78 is 5.76. The number of hydrogen-bond acceptors (Lipinski definition) is 5. The van der Waals surface area contributed by atoms with Crippen LogP contribution in [0.3, 0.4) is 0 Å². The lowest BCUT2D eigenvalue weighted by Gasteiger charge is -2.07. The lowest BCUT2D eigenvalue weighted by atomic mass is 10.1. The molecular weight excluding hydrogens is 406 g/mol. The van der Waals surface area contributed by atoms with E-state index in [0.717, 1.165) is 12.2 Å². The van der Waals surface area contributed by atoms with Crippen molar-refractivity contribution >= 4 is 17.3 Å². The van der Waals surface area contributed by atoms with Gasteiger partial charge < -0.3 is 4.74 Å². The third-order valence-corrected chi connectivity index (χ3v) is 5.20. The number of nitrogens with one attached hydrogen (secondary N) is 1. The van der Waals surface area contributed by atoms with E-state index in [4.69, 9.17) is 4.74 Å². The first-order valence-corrected chi connectivity index (χ1v) is 11.3. The van der Waals surface area contributed by atoms with Gasteiger partial charge in [0.25, 0.3) is 11.6 Å². The van der Waals surface area contributed by atoms with E-state index in [1.807, 2.05) is 0 Å². The van der Waals surface area contributed by atoms with Crippen LogP contribution >= 0.6 is 0 Å². The Morgan fingerprint density at radius 2 is 1.47 bits per heavy atom. The highest BCUT2D eigenvalue weighted by Crippen LogP contribution is 2.15. The molecule has 0 aliphatic carbocycles. The minimum Gasteiger partial charge on any atom is -0.494 e. The minimum atomic E-state index is -0.457. The zero-order chi connectivity index (χ0) is 23.2. The molecule has 7 heteroatoms. The van der Waals surface area contributed by atoms with Crippen molar-refractivity contribution in [3.05, 3.63) is 69.8 Å². The Kier molecular flexibility index (Phi) is 10.9. The lowest BCUT2D eigenvalue weighted by Crippen LogP contribution is -2.19. The monoisotopic (exact) mass is 439 g/mol. The maximum Gasteiger partial charge on any atom is 0.271 e. The van der Waals surface area contributed by atoms with E-state index in [-0.39, 0.29) is 11.6 Å². The van der Waals surface area contributed by atoms with Gasteiger partial charge in [-0.25, -0.2) is 5.43 Å². The Balaban J connectivity index is 1.72. The standard InChI is InChI=1S/C25H33N3O4/c1-3-4-5-6-7-8-9-10-19-32-24-17-13-22(14-18-24)25(29)27-26-20(2)21-11-15-23(16-12-21)28(30)31/h11-18H,3-10,19H2,1-2H3,(H,27,29). The van der Waals surface area contributed by atoms with Gasteiger partial charge in [-0.1, -0.05) is 51.9 Å². The number of ether oxygens (including phenoxy) is 1. The van der Waals surface area contributed by atoms with Gasteiger partial charge in [0.15, 0.2) is 0 Å². The molecule has 1 amide bonds. The van der Waals surface area contributed by atoms with Crippen LogP contribution in [0.4, 0.5) is 5.69 Å². The molecule has 172 valence electrons. The number of non-ortho nitro benzene ring substituents is 1. The Bertz CT molecular complexity index is 877. The van der Waals surface area contributed by atoms with E-state index in [0.29, 0.717) is 23.4 Å². The quantitative estimate of drug-likeness (QED) is 0.162. The number of unbranched alkanes of at least 4 members (excludes halogenated alkanes) is 7. The summed E-state index contributed by atoms with van der Waals surface area (Å²) in [5.41, 5.74) is 4.25. The molecule has 0 fully saturated rings. The fraction of sp³-hybridized carbons (Fsp3) is 0.440. The highest BCUT2D eigenvalue weighted by molar-refractivity contribution is 6.01. The summed E-state index contributed by atoms with van der Waals surface area (Å²) in [6.07, 6.45) is 10.1. The Morgan fingerprint density at radius 1 is 0.906 bits per heavy atom. The summed E-state index contributed by atoms with van der Waals surface area (Å²) in [5, 5.41) is 14.8. The van der Waals surface area contributed by atoms with Crippen LogP contribution in [-0.2, 0) is 0 Å². The van der Waals surface area contributed by atoms with Gasteiger partial charge in [0.1, 0.15) is 5.75 Å². The number of nitro benzene ring substituents is 1. The number of hydrazone groups is 1. The van der Waals surface area contributed by atoms with E-state index >= 15 is 0 Å². The summed E-state index contributed by atoms with van der Waals surface area (Å²) in [5.74, 6) is 0.413. The second kappa shape index (κ2) is 14.0. The predicted molar refractivity (Wildman–Crippen MR) is 127 cm³/mol. The topological polar surface area (TPSA) is 93.8 Å². The van der Waals surface area contributed by atoms with Crippen LogP contribution in [0.1, 0.15) is 81.1 Å². The molecule has 0 heterocycles. The molecule has 2 aromatic carbocycles. The summed E-state index contributed by atoms with van der Waals surface area (Å²) in [6, 6.07) is 13.0. The largest absolute Gasteiger partial charge is 0.494 e. The van der Waals surface area contributed by atoms with Crippen LogP contribution < -0.4 is 10.2 Å². The van der Waals surface area contributed by atoms with Crippen molar-refractivity contribution in [1.82, 2.24) is 5.43 Å². The molecule has 2 aromatic rings. The normalized spacial score (nSPS) is 11.2. The number of amides is 1. The van der Waals surface area contributed by atoms with Crippen LogP contribution in [0.2, 0.25) is 0 Å². The first-order valence-electron chi connectivity index (χ1n) is 11.3. The summed E-state index contributed by atoms with van der Waals surface area (Å²) in [6.45, 7) is 4.64. The average molecular weight is 440 g/mol. The summed E-state index contributed by atoms with van der Waals surface area (Å²) in [4.78, 5) is 22.6. The van der Waals surface area contributed by atoms with Gasteiger partial charge in [-0.15, -0.1) is 0 Å². The molecule has 0 unspecified atom stereocenters. The predicted octanol–water partition coefficient (Wildman–Crippen LogP) is 6.27. The van der Waals surface area contributed by atoms with Crippen LogP contribution in [0, 0.1) is 10.1 Å². The average Bonchev–Trinajstić information content (AvgIpc) is 2.81. The molecule has 0 aliphatic heterocycles. The molecular formula is C25H33N3O4. The van der Waals surface area contributed by atoms with Gasteiger partial charge in [-0.3, -0.25) is 14.9 Å². The van der Waals surface area contributed by atoms with Gasteiger partial charge in [0.2, 0.25) is 0 Å². The number of nitro groups is 1. The fourth-order valence-corrected chi connectivity index (χ4v) is 3.22. The molecule has 0 saturated heterocycles. The van der Waals surface area contributed by atoms with Crippen LogP contribution in [0.5, 0.6) is 5.75 Å². The molecule has 2 rings (SSSR count). The van der Waals surface area contributed by atoms with Gasteiger partial charge in [0.05, 0.1) is 17.2 Å². The number of carbonyl (C=O) groups is 1. The Morgan fingerprint density at radius 3 is 2.06 bits per heavy atom. The van der Waals surface area contributed by atoms with E-state index in [1.54, 1.807) is 43.3 Å². The van der Waals surface area contributed by atoms with Crippen molar-refractivity contribution in [3.63, 3.8) is 0 Å². The van der Waals surface area contributed by atoms with Crippen molar-refractivity contribution in [1.29, 1.82) is 0 Å². The van der Waals surface area contributed by atoms with Crippen molar-refractivity contribution < 1.29 is 14.5 Å². The van der Waals surface area contributed by atoms with Crippen molar-refractivity contribution in [2.75, 3.05) is 6.61 Å². The highest BCUT2D eigenvalue weighted by atomic mass is 16.6. The molecule has 0 aliphatic rings. The summed E-state index contributed by atoms with van der Waals surface area (Å²) in [7, 11) is 0. The van der Waals surface area contributed by atoms with E-state index < -0.39 is 4.92 Å². The van der Waals surface area contributed by atoms with Gasteiger partial charge in [-0.05, 0) is 55.3 Å². The first kappa shape index (κ1) is 25.0. The summed E-state index contributed by atoms with van der Waals surface area (Å²) >= 11 is 0. The first-order chi connectivity index (χ1) is 15.5. The van der Waals surface area contributed by atoms with Crippen molar-refractivity contribution in [3.8, 4) is 5.75 Å². The number of benzene rings is 2. The molecule has 0 aromatic heterocycles. The molecule has 0 spiro atoms. The van der Waals surface area contributed by atoms with Gasteiger partial charge >= 0.3 is 0 Å². The van der Waals surface area contributed by atoms with Crippen molar-refractivity contribution in [2.24, 2.45) is 5.10 Å². The van der Waals surface area contributed by atoms with Crippen LogP contribution in [0.15, 0.2) is 53.6 Å². The number of nitrogens with zero attached hydrogens (tertiary/aromatic N) is 2. The zero-order valence-corrected chi connectivity index (χ0v) is 19.0. The smallest absolute Gasteiger partial charge is 0.271 e. The lowest BCUT2D eigenvalue weighted by molar-refractivity contribution is -0.384. The molecule has 0 radical (unpaired) electrons. The number of carbonyl (C=O) groups excluding carboxylic acids is 1. The van der Waals surface area contributed by atoms with Gasteiger partial charge in [-0.2, -0.15) is 5.10 Å². The van der Waals surface area contributed by atoms with E-state index in [9.17, 15) is 14.9 Å². The molecule has 7 nitrogen and oxygen atoms in total. The second-order valence-corrected chi connectivity index (χ2v) is 7.79. The fourth-order valence-electron chi connectivity index (χ4n) is 3.22. The SMILES string of the molecule is CCCCCCCCCCOc1ccc(C(=O)NN=C(C)c2ccc([N+](=O)[O-])cc2)cc1. The second-order valence-electron chi connectivity index (χ2n) is 7.79. The minimum absolute atomic E-state index is 0.00954. The van der Waals surface area contributed by atoms with E-state index in [2.05, 4.69) is 17.5 Å². The van der Waals surface area contributed by atoms with Crippen molar-refractivity contribution in [2.45, 2.75) is 65.2 Å². The molecule has 1 N–H and O–H groups in total. The van der Waals surface area contributed by atoms with Gasteiger partial charge in [0, 0.05) is 17.7 Å². The molecule has 32 heavy (non-hydrogen) atoms. The zero-order valence-electron chi connectivity index (χ0n) is 19.0. The van der Waals surface area contributed by atoms with Crippen LogP contribution in [-0.4, -0.2) is 23.1 Å². The maximum absolute atomic E-state index is 12.3. The number of hydrogen-bond donors (Lipinski definition) is 1. The maximum atomic E-state index is 12.3. The molecule has 0 saturated carbocycles. The van der Waals surface area contributed by atoms with E-state index in [1.165, 1.54) is 57.1 Å². The third-order valence-electron chi connectivity index (χ3n) is 5.20. The third kappa shape index (κ3) is 8.88. The highest BCUT2D eigenvalue weighted by Gasteiger charge is 2.08. The van der Waals surface area contributed by atoms with Crippen LogP contribution in [0.25, 0.3) is 0 Å². The number of rotatable bonds is 14. The molecule has 0 bridgehead atoms. The Hall–Kier alpha value is -3.22. The molecule has 0 atom stereocenters. The Labute approximate surface area is 190 Å².